The van der Waals surface area contributed by atoms with Crippen LogP contribution < -0.4 is 15.0 Å². The van der Waals surface area contributed by atoms with E-state index >= 15 is 0 Å². The van der Waals surface area contributed by atoms with Crippen LogP contribution in [0.3, 0.4) is 0 Å². The summed E-state index contributed by atoms with van der Waals surface area (Å²) in [6.45, 7) is 1.64. The number of aromatic nitrogens is 1. The minimum atomic E-state index is -0.588. The Morgan fingerprint density at radius 2 is 2.20 bits per heavy atom. The molecule has 1 aliphatic rings. The van der Waals surface area contributed by atoms with Crippen molar-refractivity contribution in [2.45, 2.75) is 6.92 Å². The normalized spacial score (nSPS) is 13.0. The van der Waals surface area contributed by atoms with Crippen molar-refractivity contribution in [2.75, 3.05) is 23.3 Å². The number of carbonyl (C=O) groups excluding carboxylic acids is 2. The first-order valence-electron chi connectivity index (χ1n) is 7.39. The molecule has 1 aromatic heterocycles. The van der Waals surface area contributed by atoms with Crippen molar-refractivity contribution in [3.63, 3.8) is 0 Å². The minimum absolute atomic E-state index is 0.0620. The molecule has 0 aliphatic carbocycles. The largest absolute Gasteiger partial charge is 0.423 e. The summed E-state index contributed by atoms with van der Waals surface area (Å²) < 4.78 is 5.04. The maximum Gasteiger partial charge on any atom is 0.331 e. The van der Waals surface area contributed by atoms with Crippen LogP contribution in [-0.2, 0) is 9.59 Å². The number of esters is 1. The number of aryl methyl sites for hydroxylation is 1. The molecule has 2 aromatic rings. The van der Waals surface area contributed by atoms with Gasteiger partial charge in [0.2, 0.25) is 5.91 Å². The maximum absolute atomic E-state index is 12.2. The molecule has 0 bridgehead atoms. The van der Waals surface area contributed by atoms with Gasteiger partial charge >= 0.3 is 5.97 Å². The molecule has 0 saturated carbocycles. The Hall–Kier alpha value is -3.49. The van der Waals surface area contributed by atoms with Crippen LogP contribution in [0.15, 0.2) is 36.5 Å². The SMILES string of the molecule is Cc1ccnc(NC(=O)CN2CC(=O)Oc3cc([N+](=O)[O-])ccc32)c1. The molecule has 25 heavy (non-hydrogen) atoms. The summed E-state index contributed by atoms with van der Waals surface area (Å²) >= 11 is 0. The first-order chi connectivity index (χ1) is 11.9. The number of hydrogen-bond acceptors (Lipinski definition) is 7. The number of carbonyl (C=O) groups is 2. The number of nitro groups is 1. The number of non-ortho nitro benzene ring substituents is 1. The number of nitrogens with one attached hydrogen (secondary N) is 1. The van der Waals surface area contributed by atoms with E-state index in [0.717, 1.165) is 5.56 Å². The van der Waals surface area contributed by atoms with Gasteiger partial charge in [0.25, 0.3) is 5.69 Å². The molecular weight excluding hydrogens is 328 g/mol. The van der Waals surface area contributed by atoms with E-state index in [-0.39, 0.29) is 30.4 Å². The third kappa shape index (κ3) is 3.71. The van der Waals surface area contributed by atoms with E-state index in [1.807, 2.05) is 6.92 Å². The zero-order chi connectivity index (χ0) is 18.0. The highest BCUT2D eigenvalue weighted by Crippen LogP contribution is 2.34. The van der Waals surface area contributed by atoms with Crippen LogP contribution in [0.4, 0.5) is 17.2 Å². The summed E-state index contributed by atoms with van der Waals surface area (Å²) in [5.41, 5.74) is 1.20. The van der Waals surface area contributed by atoms with E-state index in [4.69, 9.17) is 4.74 Å². The first kappa shape index (κ1) is 16.4. The van der Waals surface area contributed by atoms with E-state index in [2.05, 4.69) is 10.3 Å². The molecule has 9 nitrogen and oxygen atoms in total. The molecule has 1 N–H and O–H groups in total. The number of nitro benzene ring substituents is 1. The molecule has 1 aliphatic heterocycles. The fraction of sp³-hybridized carbons (Fsp3) is 0.188. The smallest absolute Gasteiger partial charge is 0.331 e. The van der Waals surface area contributed by atoms with E-state index in [9.17, 15) is 19.7 Å². The Balaban J connectivity index is 1.78. The highest BCUT2D eigenvalue weighted by molar-refractivity contribution is 5.96. The van der Waals surface area contributed by atoms with Crippen LogP contribution >= 0.6 is 0 Å². The predicted molar refractivity (Wildman–Crippen MR) is 88.5 cm³/mol. The lowest BCUT2D eigenvalue weighted by Gasteiger charge is -2.28. The fourth-order valence-corrected chi connectivity index (χ4v) is 2.46. The first-order valence-corrected chi connectivity index (χ1v) is 7.39. The Morgan fingerprint density at radius 3 is 2.92 bits per heavy atom. The molecule has 0 saturated heterocycles. The summed E-state index contributed by atoms with van der Waals surface area (Å²) in [6, 6.07) is 7.45. The van der Waals surface area contributed by atoms with Crippen LogP contribution in [0, 0.1) is 17.0 Å². The van der Waals surface area contributed by atoms with Gasteiger partial charge in [0, 0.05) is 12.3 Å². The fourth-order valence-electron chi connectivity index (χ4n) is 2.46. The van der Waals surface area contributed by atoms with Crippen LogP contribution in [-0.4, -0.2) is 34.9 Å². The number of anilines is 2. The molecule has 0 radical (unpaired) electrons. The van der Waals surface area contributed by atoms with Crippen LogP contribution in [0.2, 0.25) is 0 Å². The van der Waals surface area contributed by atoms with Crippen molar-refractivity contribution >= 4 is 29.1 Å². The number of rotatable bonds is 4. The van der Waals surface area contributed by atoms with Crippen molar-refractivity contribution in [3.8, 4) is 5.75 Å². The standard InChI is InChI=1S/C16H14N4O5/c1-10-4-5-17-14(6-10)18-15(21)8-19-9-16(22)25-13-7-11(20(23)24)2-3-12(13)19/h2-7H,8-9H2,1H3,(H,17,18,21). The Labute approximate surface area is 142 Å². The van der Waals surface area contributed by atoms with Crippen molar-refractivity contribution in [1.29, 1.82) is 0 Å². The summed E-state index contributed by atoms with van der Waals surface area (Å²) in [7, 11) is 0. The molecule has 0 spiro atoms. The van der Waals surface area contributed by atoms with Gasteiger partial charge in [-0.2, -0.15) is 0 Å². The van der Waals surface area contributed by atoms with E-state index < -0.39 is 10.9 Å². The van der Waals surface area contributed by atoms with Gasteiger partial charge < -0.3 is 15.0 Å². The number of pyridine rings is 1. The lowest BCUT2D eigenvalue weighted by Crippen LogP contribution is -2.41. The lowest BCUT2D eigenvalue weighted by atomic mass is 10.2. The molecule has 2 heterocycles. The molecule has 0 fully saturated rings. The molecule has 0 unspecified atom stereocenters. The number of ether oxygens (including phenoxy) is 1. The number of benzene rings is 1. The van der Waals surface area contributed by atoms with E-state index in [1.165, 1.54) is 23.1 Å². The summed E-state index contributed by atoms with van der Waals surface area (Å²) in [5.74, 6) is -0.480. The minimum Gasteiger partial charge on any atom is -0.423 e. The van der Waals surface area contributed by atoms with Gasteiger partial charge in [-0.1, -0.05) is 0 Å². The third-order valence-electron chi connectivity index (χ3n) is 3.56. The van der Waals surface area contributed by atoms with E-state index in [0.29, 0.717) is 11.5 Å². The van der Waals surface area contributed by atoms with Gasteiger partial charge in [-0.3, -0.25) is 14.9 Å². The summed E-state index contributed by atoms with van der Waals surface area (Å²) in [5, 5.41) is 13.5. The molecule has 1 amide bonds. The zero-order valence-corrected chi connectivity index (χ0v) is 13.3. The Kier molecular flexibility index (Phi) is 4.29. The highest BCUT2D eigenvalue weighted by Gasteiger charge is 2.27. The Morgan fingerprint density at radius 1 is 1.40 bits per heavy atom. The number of amides is 1. The van der Waals surface area contributed by atoms with E-state index in [1.54, 1.807) is 18.3 Å². The second-order valence-corrected chi connectivity index (χ2v) is 5.51. The molecule has 128 valence electrons. The monoisotopic (exact) mass is 342 g/mol. The number of nitrogens with zero attached hydrogens (tertiary/aromatic N) is 3. The van der Waals surface area contributed by atoms with Crippen molar-refractivity contribution in [3.05, 3.63) is 52.2 Å². The maximum atomic E-state index is 12.2. The summed E-state index contributed by atoms with van der Waals surface area (Å²) in [6.07, 6.45) is 1.58. The van der Waals surface area contributed by atoms with Crippen LogP contribution in [0.5, 0.6) is 5.75 Å². The van der Waals surface area contributed by atoms with Gasteiger partial charge in [0.1, 0.15) is 12.4 Å². The second-order valence-electron chi connectivity index (χ2n) is 5.51. The predicted octanol–water partition coefficient (Wildman–Crippen LogP) is 1.66. The molecule has 0 atom stereocenters. The van der Waals surface area contributed by atoms with Crippen LogP contribution in [0.25, 0.3) is 0 Å². The topological polar surface area (TPSA) is 115 Å². The van der Waals surface area contributed by atoms with Gasteiger partial charge in [-0.05, 0) is 30.7 Å². The van der Waals surface area contributed by atoms with Gasteiger partial charge in [-0.25, -0.2) is 9.78 Å². The molecule has 1 aromatic carbocycles. The van der Waals surface area contributed by atoms with Gasteiger partial charge in [-0.15, -0.1) is 0 Å². The second kappa shape index (κ2) is 6.56. The van der Waals surface area contributed by atoms with Crippen molar-refractivity contribution in [1.82, 2.24) is 4.98 Å². The van der Waals surface area contributed by atoms with Crippen molar-refractivity contribution < 1.29 is 19.2 Å². The van der Waals surface area contributed by atoms with Crippen LogP contribution in [0.1, 0.15) is 5.56 Å². The lowest BCUT2D eigenvalue weighted by molar-refractivity contribution is -0.384. The number of hydrogen-bond donors (Lipinski definition) is 1. The average Bonchev–Trinajstić information content (AvgIpc) is 2.53. The van der Waals surface area contributed by atoms with Crippen molar-refractivity contribution in [2.24, 2.45) is 0 Å². The Bertz CT molecular complexity index is 867. The summed E-state index contributed by atoms with van der Waals surface area (Å²) in [4.78, 5) is 39.8. The van der Waals surface area contributed by atoms with Gasteiger partial charge in [0.05, 0.1) is 23.2 Å². The molecular formula is C16H14N4O5. The average molecular weight is 342 g/mol. The quantitative estimate of drug-likeness (QED) is 0.389. The molecule has 3 rings (SSSR count). The molecule has 9 heteroatoms. The zero-order valence-electron chi connectivity index (χ0n) is 13.3. The van der Waals surface area contributed by atoms with Gasteiger partial charge in [0.15, 0.2) is 5.75 Å². The number of fused-ring (bicyclic) bond motifs is 1. The highest BCUT2D eigenvalue weighted by atomic mass is 16.6. The third-order valence-corrected chi connectivity index (χ3v) is 3.56.